The molecule has 1 saturated heterocycles. The smallest absolute Gasteiger partial charge is 0.318 e. The Balaban J connectivity index is 1.33. The van der Waals surface area contributed by atoms with Gasteiger partial charge in [-0.1, -0.05) is 35.4 Å². The average Bonchev–Trinajstić information content (AvgIpc) is 3.30. The van der Waals surface area contributed by atoms with E-state index in [4.69, 9.17) is 9.15 Å². The first-order valence-electron chi connectivity index (χ1n) is 10.2. The Bertz CT molecular complexity index is 964. The number of nitrogens with zero attached hydrogens (tertiary/aromatic N) is 4. The van der Waals surface area contributed by atoms with E-state index in [0.29, 0.717) is 18.5 Å². The molecule has 0 spiro atoms. The van der Waals surface area contributed by atoms with Crippen molar-refractivity contribution in [1.29, 1.82) is 0 Å². The van der Waals surface area contributed by atoms with Gasteiger partial charge in [0.05, 0.1) is 7.11 Å². The van der Waals surface area contributed by atoms with Crippen LogP contribution in [0.4, 0.5) is 6.01 Å². The van der Waals surface area contributed by atoms with Crippen LogP contribution in [-0.2, 0) is 11.3 Å². The van der Waals surface area contributed by atoms with Gasteiger partial charge in [0, 0.05) is 38.2 Å². The largest absolute Gasteiger partial charge is 0.497 e. The van der Waals surface area contributed by atoms with Crippen LogP contribution in [-0.4, -0.2) is 48.3 Å². The van der Waals surface area contributed by atoms with Gasteiger partial charge in [-0.2, -0.15) is 0 Å². The lowest BCUT2D eigenvalue weighted by molar-refractivity contribution is -0.135. The summed E-state index contributed by atoms with van der Waals surface area (Å²) in [4.78, 5) is 16.7. The number of piperidine rings is 1. The van der Waals surface area contributed by atoms with E-state index in [-0.39, 0.29) is 11.8 Å². The van der Waals surface area contributed by atoms with Crippen LogP contribution < -0.4 is 9.64 Å². The Kier molecular flexibility index (Phi) is 5.97. The van der Waals surface area contributed by atoms with E-state index in [9.17, 15) is 4.79 Å². The monoisotopic (exact) mass is 406 g/mol. The fraction of sp³-hybridized carbons (Fsp3) is 0.348. The summed E-state index contributed by atoms with van der Waals surface area (Å²) in [5.41, 5.74) is 1.99. The van der Waals surface area contributed by atoms with Crippen molar-refractivity contribution in [3.63, 3.8) is 0 Å². The number of ether oxygens (including phenoxy) is 1. The lowest BCUT2D eigenvalue weighted by atomic mass is 9.95. The minimum atomic E-state index is 0.0268. The fourth-order valence-corrected chi connectivity index (χ4v) is 3.76. The zero-order chi connectivity index (χ0) is 20.9. The number of amides is 1. The Morgan fingerprint density at radius 1 is 1.10 bits per heavy atom. The molecular weight excluding hydrogens is 380 g/mol. The zero-order valence-corrected chi connectivity index (χ0v) is 17.3. The molecule has 7 nitrogen and oxygen atoms in total. The molecule has 7 heteroatoms. The molecular formula is C23H26N4O3. The molecule has 1 aliphatic rings. The predicted molar refractivity (Wildman–Crippen MR) is 114 cm³/mol. The number of benzene rings is 2. The number of aromatic nitrogens is 2. The zero-order valence-electron chi connectivity index (χ0n) is 17.3. The maximum atomic E-state index is 12.8. The second-order valence-corrected chi connectivity index (χ2v) is 7.56. The van der Waals surface area contributed by atoms with Crippen molar-refractivity contribution >= 4 is 11.9 Å². The Morgan fingerprint density at radius 3 is 2.47 bits per heavy atom. The van der Waals surface area contributed by atoms with Crippen LogP contribution in [0, 0.1) is 5.92 Å². The first kappa shape index (κ1) is 19.9. The molecule has 0 unspecified atom stereocenters. The summed E-state index contributed by atoms with van der Waals surface area (Å²) in [6, 6.07) is 18.1. The molecule has 4 rings (SSSR count). The lowest BCUT2D eigenvalue weighted by Crippen LogP contribution is -2.41. The van der Waals surface area contributed by atoms with Gasteiger partial charge in [0.25, 0.3) is 0 Å². The topological polar surface area (TPSA) is 71.7 Å². The van der Waals surface area contributed by atoms with Crippen LogP contribution in [0.3, 0.4) is 0 Å². The van der Waals surface area contributed by atoms with Crippen molar-refractivity contribution in [3.05, 3.63) is 60.2 Å². The van der Waals surface area contributed by atoms with Gasteiger partial charge in [-0.05, 0) is 42.7 Å². The van der Waals surface area contributed by atoms with Crippen LogP contribution >= 0.6 is 0 Å². The van der Waals surface area contributed by atoms with Gasteiger partial charge in [-0.15, -0.1) is 5.10 Å². The number of carbonyl (C=O) groups is 1. The van der Waals surface area contributed by atoms with Crippen LogP contribution in [0.15, 0.2) is 59.0 Å². The third kappa shape index (κ3) is 4.45. The van der Waals surface area contributed by atoms with Crippen LogP contribution in [0.1, 0.15) is 18.4 Å². The quantitative estimate of drug-likeness (QED) is 0.623. The van der Waals surface area contributed by atoms with Crippen LogP contribution in [0.5, 0.6) is 5.75 Å². The number of hydrogen-bond acceptors (Lipinski definition) is 6. The maximum Gasteiger partial charge on any atom is 0.318 e. The molecule has 0 aliphatic carbocycles. The predicted octanol–water partition coefficient (Wildman–Crippen LogP) is 3.62. The molecule has 0 saturated carbocycles. The van der Waals surface area contributed by atoms with E-state index in [1.807, 2.05) is 66.5 Å². The van der Waals surface area contributed by atoms with E-state index in [2.05, 4.69) is 15.1 Å². The van der Waals surface area contributed by atoms with E-state index in [0.717, 1.165) is 42.8 Å². The summed E-state index contributed by atoms with van der Waals surface area (Å²) in [6.45, 7) is 2.08. The van der Waals surface area contributed by atoms with Crippen molar-refractivity contribution in [1.82, 2.24) is 15.1 Å². The van der Waals surface area contributed by atoms with Gasteiger partial charge in [-0.3, -0.25) is 4.79 Å². The van der Waals surface area contributed by atoms with Crippen molar-refractivity contribution < 1.29 is 13.9 Å². The minimum absolute atomic E-state index is 0.0268. The van der Waals surface area contributed by atoms with E-state index < -0.39 is 0 Å². The van der Waals surface area contributed by atoms with Gasteiger partial charge < -0.3 is 19.0 Å². The van der Waals surface area contributed by atoms with Gasteiger partial charge in [0.15, 0.2) is 0 Å². The summed E-state index contributed by atoms with van der Waals surface area (Å²) in [6.07, 6.45) is 1.55. The molecule has 156 valence electrons. The molecule has 1 amide bonds. The highest BCUT2D eigenvalue weighted by molar-refractivity contribution is 5.78. The molecule has 1 aliphatic heterocycles. The molecule has 0 radical (unpaired) electrons. The highest BCUT2D eigenvalue weighted by atomic mass is 16.5. The van der Waals surface area contributed by atoms with Crippen molar-refractivity contribution in [2.75, 3.05) is 32.1 Å². The Labute approximate surface area is 176 Å². The second kappa shape index (κ2) is 8.98. The highest BCUT2D eigenvalue weighted by Crippen LogP contribution is 2.27. The number of carbonyl (C=O) groups excluding carboxylic acids is 1. The summed E-state index contributed by atoms with van der Waals surface area (Å²) in [5, 5.41) is 8.37. The van der Waals surface area contributed by atoms with Crippen LogP contribution in [0.2, 0.25) is 0 Å². The standard InChI is InChI=1S/C23H26N4O3/c1-26(16-17-6-4-3-5-7-17)22(28)19-12-14-27(15-13-19)23-25-24-21(30-23)18-8-10-20(29-2)11-9-18/h3-11,19H,12-16H2,1-2H3. The van der Waals surface area contributed by atoms with Crippen molar-refractivity contribution in [2.24, 2.45) is 5.92 Å². The first-order chi connectivity index (χ1) is 14.6. The number of methoxy groups -OCH3 is 1. The normalized spacial score (nSPS) is 14.5. The SMILES string of the molecule is COc1ccc(-c2nnc(N3CCC(C(=O)N(C)Cc4ccccc4)CC3)o2)cc1. The number of hydrogen-bond donors (Lipinski definition) is 0. The van der Waals surface area contributed by atoms with Gasteiger partial charge in [-0.25, -0.2) is 0 Å². The minimum Gasteiger partial charge on any atom is -0.497 e. The van der Waals surface area contributed by atoms with Gasteiger partial charge >= 0.3 is 6.01 Å². The third-order valence-corrected chi connectivity index (χ3v) is 5.50. The van der Waals surface area contributed by atoms with Crippen molar-refractivity contribution in [2.45, 2.75) is 19.4 Å². The Hall–Kier alpha value is -3.35. The van der Waals surface area contributed by atoms with Crippen LogP contribution in [0.25, 0.3) is 11.5 Å². The summed E-state index contributed by atoms with van der Waals surface area (Å²) < 4.78 is 11.1. The van der Waals surface area contributed by atoms with Gasteiger partial charge in [0.1, 0.15) is 5.75 Å². The molecule has 0 atom stereocenters. The highest BCUT2D eigenvalue weighted by Gasteiger charge is 2.29. The lowest BCUT2D eigenvalue weighted by Gasteiger charge is -2.32. The summed E-state index contributed by atoms with van der Waals surface area (Å²) >= 11 is 0. The molecule has 3 aromatic rings. The first-order valence-corrected chi connectivity index (χ1v) is 10.2. The average molecular weight is 406 g/mol. The third-order valence-electron chi connectivity index (χ3n) is 5.50. The van der Waals surface area contributed by atoms with Gasteiger partial charge in [0.2, 0.25) is 11.8 Å². The summed E-state index contributed by atoms with van der Waals surface area (Å²) in [7, 11) is 3.51. The second-order valence-electron chi connectivity index (χ2n) is 7.56. The Morgan fingerprint density at radius 2 is 1.80 bits per heavy atom. The molecule has 2 heterocycles. The van der Waals surface area contributed by atoms with E-state index in [1.165, 1.54) is 0 Å². The molecule has 2 aromatic carbocycles. The molecule has 1 aromatic heterocycles. The molecule has 0 bridgehead atoms. The summed E-state index contributed by atoms with van der Waals surface area (Å²) in [5.74, 6) is 1.48. The fourth-order valence-electron chi connectivity index (χ4n) is 3.76. The van der Waals surface area contributed by atoms with E-state index >= 15 is 0 Å². The maximum absolute atomic E-state index is 12.8. The number of rotatable bonds is 6. The molecule has 30 heavy (non-hydrogen) atoms. The molecule has 1 fully saturated rings. The molecule has 0 N–H and O–H groups in total. The van der Waals surface area contributed by atoms with E-state index in [1.54, 1.807) is 7.11 Å². The van der Waals surface area contributed by atoms with Crippen molar-refractivity contribution in [3.8, 4) is 17.2 Å². The number of anilines is 1.